The number of rotatable bonds is 6. The summed E-state index contributed by atoms with van der Waals surface area (Å²) in [4.78, 5) is 24.3. The van der Waals surface area contributed by atoms with Crippen molar-refractivity contribution in [1.82, 2.24) is 0 Å². The summed E-state index contributed by atoms with van der Waals surface area (Å²) >= 11 is 0.943. The molecule has 3 rings (SSSR count). The normalized spacial score (nSPS) is 10.5. The van der Waals surface area contributed by atoms with Crippen LogP contribution in [0.3, 0.4) is 0 Å². The Kier molecular flexibility index (Phi) is 5.70. The molecule has 0 aliphatic heterocycles. The van der Waals surface area contributed by atoms with Crippen molar-refractivity contribution in [3.05, 3.63) is 70.6 Å². The number of nitrogens with one attached hydrogen (secondary N) is 1. The molecular formula is C20H15F2NO4S. The molecule has 0 atom stereocenters. The van der Waals surface area contributed by atoms with Gasteiger partial charge in [-0.1, -0.05) is 6.07 Å². The minimum Gasteiger partial charge on any atom is -0.494 e. The second-order valence-corrected chi connectivity index (χ2v) is 6.72. The molecule has 0 unspecified atom stereocenters. The van der Waals surface area contributed by atoms with Crippen molar-refractivity contribution in [1.29, 1.82) is 0 Å². The highest BCUT2D eigenvalue weighted by molar-refractivity contribution is 7.18. The van der Waals surface area contributed by atoms with Gasteiger partial charge in [0.15, 0.2) is 0 Å². The molecule has 0 spiro atoms. The molecule has 5 nitrogen and oxygen atoms in total. The Morgan fingerprint density at radius 1 is 1.11 bits per heavy atom. The number of carboxylic acid groups (broad SMARTS) is 1. The second-order valence-electron chi connectivity index (χ2n) is 5.67. The molecule has 144 valence electrons. The average molecular weight is 403 g/mol. The molecule has 3 aromatic rings. The zero-order valence-electron chi connectivity index (χ0n) is 14.7. The van der Waals surface area contributed by atoms with Gasteiger partial charge in [-0.25, -0.2) is 13.6 Å². The molecule has 0 saturated carbocycles. The van der Waals surface area contributed by atoms with Crippen LogP contribution in [-0.2, 0) is 0 Å². The van der Waals surface area contributed by atoms with Crippen molar-refractivity contribution < 1.29 is 28.2 Å². The third-order valence-electron chi connectivity index (χ3n) is 3.81. The van der Waals surface area contributed by atoms with E-state index in [0.717, 1.165) is 29.5 Å². The summed E-state index contributed by atoms with van der Waals surface area (Å²) in [6.07, 6.45) is 0. The molecular weight excluding hydrogens is 388 g/mol. The highest BCUT2D eigenvalue weighted by atomic mass is 32.1. The predicted molar refractivity (Wildman–Crippen MR) is 102 cm³/mol. The van der Waals surface area contributed by atoms with E-state index in [9.17, 15) is 23.5 Å². The molecule has 28 heavy (non-hydrogen) atoms. The van der Waals surface area contributed by atoms with Gasteiger partial charge in [0.1, 0.15) is 27.8 Å². The predicted octanol–water partition coefficient (Wildman–Crippen LogP) is 5.04. The Morgan fingerprint density at radius 2 is 1.75 bits per heavy atom. The lowest BCUT2D eigenvalue weighted by atomic mass is 10.1. The fourth-order valence-electron chi connectivity index (χ4n) is 2.57. The van der Waals surface area contributed by atoms with Crippen molar-refractivity contribution in [3.63, 3.8) is 0 Å². The molecule has 2 N–H and O–H groups in total. The number of amides is 1. The van der Waals surface area contributed by atoms with E-state index < -0.39 is 29.1 Å². The summed E-state index contributed by atoms with van der Waals surface area (Å²) in [6.45, 7) is 2.38. The van der Waals surface area contributed by atoms with Crippen molar-refractivity contribution >= 4 is 28.9 Å². The largest absolute Gasteiger partial charge is 0.494 e. The summed E-state index contributed by atoms with van der Waals surface area (Å²) < 4.78 is 33.0. The van der Waals surface area contributed by atoms with Gasteiger partial charge < -0.3 is 15.2 Å². The maximum absolute atomic E-state index is 13.8. The second kappa shape index (κ2) is 8.18. The molecule has 0 aliphatic carbocycles. The number of thiophene rings is 1. The van der Waals surface area contributed by atoms with E-state index in [1.165, 1.54) is 6.07 Å². The van der Waals surface area contributed by atoms with Crippen molar-refractivity contribution in [2.24, 2.45) is 0 Å². The third-order valence-corrected chi connectivity index (χ3v) is 4.99. The van der Waals surface area contributed by atoms with Gasteiger partial charge in [0.05, 0.1) is 12.3 Å². The lowest BCUT2D eigenvalue weighted by Crippen LogP contribution is -2.16. The van der Waals surface area contributed by atoms with Crippen LogP contribution < -0.4 is 10.1 Å². The van der Waals surface area contributed by atoms with Gasteiger partial charge in [-0.05, 0) is 55.0 Å². The Hall–Kier alpha value is -3.26. The molecule has 0 fully saturated rings. The minimum atomic E-state index is -1.26. The van der Waals surface area contributed by atoms with E-state index in [-0.39, 0.29) is 10.6 Å². The van der Waals surface area contributed by atoms with Crippen LogP contribution >= 0.6 is 11.3 Å². The first-order valence-corrected chi connectivity index (χ1v) is 9.08. The van der Waals surface area contributed by atoms with Crippen LogP contribution in [0.1, 0.15) is 27.0 Å². The van der Waals surface area contributed by atoms with E-state index >= 15 is 0 Å². The number of hydrogen-bond acceptors (Lipinski definition) is 4. The molecule has 8 heteroatoms. The molecule has 0 radical (unpaired) electrons. The fourth-order valence-corrected chi connectivity index (χ4v) is 3.52. The Labute approximate surface area is 163 Å². The summed E-state index contributed by atoms with van der Waals surface area (Å²) in [6, 6.07) is 11.5. The minimum absolute atomic E-state index is 0.0333. The van der Waals surface area contributed by atoms with Crippen molar-refractivity contribution in [2.45, 2.75) is 6.92 Å². The maximum Gasteiger partial charge on any atom is 0.348 e. The molecule has 1 heterocycles. The molecule has 2 aromatic carbocycles. The Balaban J connectivity index is 1.93. The van der Waals surface area contributed by atoms with E-state index in [0.29, 0.717) is 22.8 Å². The van der Waals surface area contributed by atoms with E-state index in [4.69, 9.17) is 4.74 Å². The number of carboxylic acids is 1. The summed E-state index contributed by atoms with van der Waals surface area (Å²) in [5.41, 5.74) is -0.0878. The number of aromatic carboxylic acids is 1. The molecule has 1 amide bonds. The number of carbonyl (C=O) groups is 2. The Morgan fingerprint density at radius 3 is 2.32 bits per heavy atom. The van der Waals surface area contributed by atoms with Gasteiger partial charge >= 0.3 is 5.97 Å². The van der Waals surface area contributed by atoms with E-state index in [1.54, 1.807) is 24.3 Å². The average Bonchev–Trinajstić information content (AvgIpc) is 3.06. The van der Waals surface area contributed by atoms with Gasteiger partial charge in [-0.2, -0.15) is 0 Å². The van der Waals surface area contributed by atoms with Crippen LogP contribution in [0.5, 0.6) is 5.75 Å². The molecule has 0 aliphatic rings. The highest BCUT2D eigenvalue weighted by Gasteiger charge is 2.22. The quantitative estimate of drug-likeness (QED) is 0.604. The zero-order chi connectivity index (χ0) is 20.3. The number of hydrogen-bond donors (Lipinski definition) is 2. The van der Waals surface area contributed by atoms with Gasteiger partial charge in [-0.3, -0.25) is 4.79 Å². The third kappa shape index (κ3) is 4.01. The zero-order valence-corrected chi connectivity index (χ0v) is 15.5. The van der Waals surface area contributed by atoms with Crippen LogP contribution in [0.2, 0.25) is 0 Å². The first-order valence-electron chi connectivity index (χ1n) is 8.26. The molecule has 1 aromatic heterocycles. The van der Waals surface area contributed by atoms with Gasteiger partial charge in [0, 0.05) is 4.88 Å². The van der Waals surface area contributed by atoms with Gasteiger partial charge in [0.25, 0.3) is 5.91 Å². The summed E-state index contributed by atoms with van der Waals surface area (Å²) in [5, 5.41) is 11.7. The number of anilines is 1. The lowest BCUT2D eigenvalue weighted by Gasteiger charge is -2.06. The van der Waals surface area contributed by atoms with Crippen LogP contribution in [0.25, 0.3) is 10.4 Å². The lowest BCUT2D eigenvalue weighted by molar-refractivity contribution is 0.0703. The van der Waals surface area contributed by atoms with Crippen LogP contribution in [0.4, 0.5) is 14.5 Å². The molecule has 0 bridgehead atoms. The number of halogens is 2. The first-order chi connectivity index (χ1) is 13.4. The van der Waals surface area contributed by atoms with Crippen LogP contribution in [-0.4, -0.2) is 23.6 Å². The topological polar surface area (TPSA) is 75.6 Å². The standard InChI is InChI=1S/C20H15F2NO4S/c1-2-27-12-8-6-11(7-9-12)16-10-15(18(28-16)20(25)26)23-19(24)17-13(21)4-3-5-14(17)22/h3-10H,2H2,1H3,(H,23,24)(H,25,26). The number of ether oxygens (including phenoxy) is 1. The maximum atomic E-state index is 13.8. The smallest absolute Gasteiger partial charge is 0.348 e. The van der Waals surface area contributed by atoms with E-state index in [2.05, 4.69) is 5.32 Å². The Bertz CT molecular complexity index is 1010. The summed E-state index contributed by atoms with van der Waals surface area (Å²) in [5.74, 6) is -3.71. The first kappa shape index (κ1) is 19.5. The van der Waals surface area contributed by atoms with Gasteiger partial charge in [0.2, 0.25) is 0 Å². The fraction of sp³-hybridized carbons (Fsp3) is 0.100. The van der Waals surface area contributed by atoms with Crippen molar-refractivity contribution in [2.75, 3.05) is 11.9 Å². The number of benzene rings is 2. The monoisotopic (exact) mass is 403 g/mol. The van der Waals surface area contributed by atoms with E-state index in [1.807, 2.05) is 6.92 Å². The van der Waals surface area contributed by atoms with Gasteiger partial charge in [-0.15, -0.1) is 11.3 Å². The molecule has 0 saturated heterocycles. The SMILES string of the molecule is CCOc1ccc(-c2cc(NC(=O)c3c(F)cccc3F)c(C(=O)O)s2)cc1. The highest BCUT2D eigenvalue weighted by Crippen LogP contribution is 2.36. The number of carbonyl (C=O) groups excluding carboxylic acids is 1. The summed E-state index contributed by atoms with van der Waals surface area (Å²) in [7, 11) is 0. The van der Waals surface area contributed by atoms with Crippen LogP contribution in [0.15, 0.2) is 48.5 Å². The van der Waals surface area contributed by atoms with Crippen molar-refractivity contribution in [3.8, 4) is 16.2 Å². The van der Waals surface area contributed by atoms with Crippen LogP contribution in [0, 0.1) is 11.6 Å².